The summed E-state index contributed by atoms with van der Waals surface area (Å²) >= 11 is 1.54. The topological polar surface area (TPSA) is 93.0 Å². The monoisotopic (exact) mass is 406 g/mol. The van der Waals surface area contributed by atoms with Crippen molar-refractivity contribution < 1.29 is 9.53 Å². The summed E-state index contributed by atoms with van der Waals surface area (Å²) in [5.74, 6) is 1.92. The summed E-state index contributed by atoms with van der Waals surface area (Å²) in [5, 5.41) is 2.99. The van der Waals surface area contributed by atoms with Gasteiger partial charge in [0.15, 0.2) is 0 Å². The maximum atomic E-state index is 12.2. The van der Waals surface area contributed by atoms with E-state index >= 15 is 0 Å². The molecule has 0 bridgehead atoms. The van der Waals surface area contributed by atoms with Crippen molar-refractivity contribution in [3.05, 3.63) is 54.4 Å². The van der Waals surface area contributed by atoms with Gasteiger partial charge in [0.2, 0.25) is 5.91 Å². The molecule has 1 aromatic heterocycles. The molecular weight excluding hydrogens is 384 g/mol. The Morgan fingerprint density at radius 2 is 2.00 bits per heavy atom. The minimum atomic E-state index is -0.0476. The van der Waals surface area contributed by atoms with Crippen molar-refractivity contribution in [2.45, 2.75) is 12.2 Å². The number of hydrogen-bond donors (Lipinski definition) is 3. The number of amides is 1. The van der Waals surface area contributed by atoms with Crippen LogP contribution in [0.2, 0.25) is 0 Å². The Hall–Kier alpha value is -2.22. The molecule has 8 heteroatoms. The molecule has 0 aliphatic carbocycles. The zero-order valence-electron chi connectivity index (χ0n) is 15.0. The van der Waals surface area contributed by atoms with Crippen molar-refractivity contribution in [3.63, 3.8) is 0 Å². The van der Waals surface area contributed by atoms with Crippen molar-refractivity contribution in [2.75, 3.05) is 24.2 Å². The first kappa shape index (κ1) is 21.1. The number of nitrogens with two attached hydrogens (primary N) is 1. The van der Waals surface area contributed by atoms with Crippen LogP contribution in [0.3, 0.4) is 0 Å². The fourth-order valence-electron chi connectivity index (χ4n) is 2.45. The number of aromatic amines is 1. The number of thioether (sulfide) groups is 1. The predicted molar refractivity (Wildman–Crippen MR) is 114 cm³/mol. The third-order valence-corrected chi connectivity index (χ3v) is 4.93. The number of imidazole rings is 1. The Morgan fingerprint density at radius 3 is 2.70 bits per heavy atom. The number of fused-ring (bicyclic) bond motifs is 1. The van der Waals surface area contributed by atoms with E-state index in [-0.39, 0.29) is 23.6 Å². The molecule has 1 atom stereocenters. The van der Waals surface area contributed by atoms with E-state index in [1.54, 1.807) is 11.8 Å². The van der Waals surface area contributed by atoms with E-state index in [1.165, 1.54) is 0 Å². The number of H-pyrrole nitrogens is 1. The number of carbonyl (C=O) groups excluding carboxylic acids is 1. The van der Waals surface area contributed by atoms with Crippen LogP contribution in [0.4, 0.5) is 5.69 Å². The van der Waals surface area contributed by atoms with Gasteiger partial charge in [-0.3, -0.25) is 4.79 Å². The fraction of sp³-hybridized carbons (Fsp3) is 0.263. The minimum Gasteiger partial charge on any atom is -0.492 e. The van der Waals surface area contributed by atoms with E-state index in [9.17, 15) is 4.79 Å². The van der Waals surface area contributed by atoms with Crippen LogP contribution in [-0.4, -0.2) is 34.8 Å². The largest absolute Gasteiger partial charge is 0.492 e. The van der Waals surface area contributed by atoms with Crippen LogP contribution in [0.5, 0.6) is 5.75 Å². The van der Waals surface area contributed by atoms with Crippen LogP contribution in [0.15, 0.2) is 48.5 Å². The van der Waals surface area contributed by atoms with E-state index in [0.29, 0.717) is 18.9 Å². The third kappa shape index (κ3) is 5.89. The van der Waals surface area contributed by atoms with Crippen molar-refractivity contribution in [1.82, 2.24) is 9.97 Å². The van der Waals surface area contributed by atoms with Crippen molar-refractivity contribution >= 4 is 46.8 Å². The maximum Gasteiger partial charge on any atom is 0.234 e. The first-order valence-corrected chi connectivity index (χ1v) is 9.49. The summed E-state index contributed by atoms with van der Waals surface area (Å²) in [6.45, 7) is 2.99. The molecule has 0 saturated carbocycles. The van der Waals surface area contributed by atoms with Crippen LogP contribution in [-0.2, 0) is 4.79 Å². The van der Waals surface area contributed by atoms with Crippen molar-refractivity contribution in [3.8, 4) is 5.75 Å². The first-order chi connectivity index (χ1) is 12.7. The van der Waals surface area contributed by atoms with E-state index in [2.05, 4.69) is 15.3 Å². The molecule has 0 spiro atoms. The molecule has 0 saturated heterocycles. The average Bonchev–Trinajstić information content (AvgIpc) is 3.10. The van der Waals surface area contributed by atoms with E-state index in [0.717, 1.165) is 28.3 Å². The van der Waals surface area contributed by atoms with Crippen LogP contribution < -0.4 is 15.8 Å². The van der Waals surface area contributed by atoms with Gasteiger partial charge in [-0.1, -0.05) is 12.1 Å². The molecule has 3 aromatic rings. The highest BCUT2D eigenvalue weighted by Crippen LogP contribution is 2.27. The molecule has 1 unspecified atom stereocenters. The zero-order valence-corrected chi connectivity index (χ0v) is 16.6. The van der Waals surface area contributed by atoms with Gasteiger partial charge in [0, 0.05) is 12.2 Å². The van der Waals surface area contributed by atoms with Gasteiger partial charge in [0.1, 0.15) is 18.2 Å². The highest BCUT2D eigenvalue weighted by Gasteiger charge is 2.13. The van der Waals surface area contributed by atoms with E-state index in [1.807, 2.05) is 55.5 Å². The molecule has 0 aliphatic rings. The SMILES string of the molecule is CC(SCC(=O)Nc1ccc(OCCN)cc1)c1nc2ccccc2[nH]1.Cl. The Morgan fingerprint density at radius 1 is 1.26 bits per heavy atom. The molecule has 1 amide bonds. The predicted octanol–water partition coefficient (Wildman–Crippen LogP) is 3.76. The van der Waals surface area contributed by atoms with Gasteiger partial charge in [0.05, 0.1) is 22.0 Å². The van der Waals surface area contributed by atoms with Gasteiger partial charge in [-0.15, -0.1) is 24.2 Å². The minimum absolute atomic E-state index is 0. The normalized spacial score (nSPS) is 11.6. The highest BCUT2D eigenvalue weighted by molar-refractivity contribution is 8.00. The molecule has 0 aliphatic heterocycles. The average molecular weight is 407 g/mol. The van der Waals surface area contributed by atoms with Gasteiger partial charge >= 0.3 is 0 Å². The molecule has 144 valence electrons. The fourth-order valence-corrected chi connectivity index (χ4v) is 3.20. The molecule has 4 N–H and O–H groups in total. The van der Waals surface area contributed by atoms with Crippen LogP contribution in [0.25, 0.3) is 11.0 Å². The summed E-state index contributed by atoms with van der Waals surface area (Å²) < 4.78 is 5.42. The lowest BCUT2D eigenvalue weighted by atomic mass is 10.3. The van der Waals surface area contributed by atoms with Crippen molar-refractivity contribution in [2.24, 2.45) is 5.73 Å². The third-order valence-electron chi connectivity index (χ3n) is 3.78. The van der Waals surface area contributed by atoms with Gasteiger partial charge in [-0.05, 0) is 43.3 Å². The van der Waals surface area contributed by atoms with Gasteiger partial charge in [-0.2, -0.15) is 0 Å². The lowest BCUT2D eigenvalue weighted by molar-refractivity contribution is -0.113. The number of anilines is 1. The number of nitrogens with one attached hydrogen (secondary N) is 2. The number of rotatable bonds is 8. The van der Waals surface area contributed by atoms with Gasteiger partial charge in [0.25, 0.3) is 0 Å². The number of ether oxygens (including phenoxy) is 1. The van der Waals surface area contributed by atoms with Crippen LogP contribution >= 0.6 is 24.2 Å². The number of hydrogen-bond acceptors (Lipinski definition) is 5. The standard InChI is InChI=1S/C19H22N4O2S.ClH/c1-13(19-22-16-4-2-3-5-17(16)23-19)26-12-18(24)21-14-6-8-15(9-7-14)25-11-10-20;/h2-9,13H,10-12,20H2,1H3,(H,21,24)(H,22,23);1H. The summed E-state index contributed by atoms with van der Waals surface area (Å²) in [5.41, 5.74) is 8.10. The first-order valence-electron chi connectivity index (χ1n) is 8.45. The molecule has 0 radical (unpaired) electrons. The highest BCUT2D eigenvalue weighted by atomic mass is 35.5. The van der Waals surface area contributed by atoms with E-state index in [4.69, 9.17) is 10.5 Å². The van der Waals surface area contributed by atoms with Crippen molar-refractivity contribution in [1.29, 1.82) is 0 Å². The summed E-state index contributed by atoms with van der Waals surface area (Å²) in [7, 11) is 0. The second-order valence-electron chi connectivity index (χ2n) is 5.80. The number of para-hydroxylation sites is 2. The van der Waals surface area contributed by atoms with Crippen LogP contribution in [0, 0.1) is 0 Å². The molecule has 1 heterocycles. The summed E-state index contributed by atoms with van der Waals surface area (Å²) in [6, 6.07) is 15.2. The molecular formula is C19H23ClN4O2S. The summed E-state index contributed by atoms with van der Waals surface area (Å²) in [4.78, 5) is 20.1. The zero-order chi connectivity index (χ0) is 18.4. The van der Waals surface area contributed by atoms with E-state index < -0.39 is 0 Å². The number of carbonyl (C=O) groups is 1. The number of nitrogens with zero attached hydrogens (tertiary/aromatic N) is 1. The lowest BCUT2D eigenvalue weighted by Gasteiger charge is -2.10. The number of aromatic nitrogens is 2. The Labute approximate surface area is 168 Å². The Balaban J connectivity index is 0.00000261. The molecule has 0 fully saturated rings. The number of benzene rings is 2. The van der Waals surface area contributed by atoms with Crippen LogP contribution in [0.1, 0.15) is 18.0 Å². The second-order valence-corrected chi connectivity index (χ2v) is 7.13. The Bertz CT molecular complexity index is 837. The smallest absolute Gasteiger partial charge is 0.234 e. The molecule has 3 rings (SSSR count). The molecule has 6 nitrogen and oxygen atoms in total. The molecule has 2 aromatic carbocycles. The van der Waals surface area contributed by atoms with Gasteiger partial charge in [-0.25, -0.2) is 4.98 Å². The number of halogens is 1. The second kappa shape index (κ2) is 10.2. The quantitative estimate of drug-likeness (QED) is 0.529. The summed E-state index contributed by atoms with van der Waals surface area (Å²) in [6.07, 6.45) is 0. The molecule has 27 heavy (non-hydrogen) atoms. The van der Waals surface area contributed by atoms with Gasteiger partial charge < -0.3 is 20.8 Å². The lowest BCUT2D eigenvalue weighted by Crippen LogP contribution is -2.15. The maximum absolute atomic E-state index is 12.2. The Kier molecular flexibility index (Phi) is 7.97.